The van der Waals surface area contributed by atoms with Crippen LogP contribution in [0.25, 0.3) is 0 Å². The van der Waals surface area contributed by atoms with E-state index in [1.165, 1.54) is 11.4 Å². The van der Waals surface area contributed by atoms with E-state index in [-0.39, 0.29) is 6.54 Å². The molecular weight excluding hydrogens is 292 g/mol. The Balaban J connectivity index is 1.94. The minimum atomic E-state index is -3.42. The second-order valence-corrected chi connectivity index (χ2v) is 6.73. The summed E-state index contributed by atoms with van der Waals surface area (Å²) in [5, 5.41) is 0. The number of methoxy groups -OCH3 is 1. The number of hydrogen-bond donors (Lipinski definition) is 1. The van der Waals surface area contributed by atoms with Crippen molar-refractivity contribution >= 4 is 16.2 Å². The highest BCUT2D eigenvalue weighted by atomic mass is 32.2. The summed E-state index contributed by atoms with van der Waals surface area (Å²) in [6, 6.07) is 6.67. The topological polar surface area (TPSA) is 75.7 Å². The van der Waals surface area contributed by atoms with Gasteiger partial charge in [0.15, 0.2) is 0 Å². The number of piperidine rings is 1. The molecule has 1 fully saturated rings. The highest BCUT2D eigenvalue weighted by Crippen LogP contribution is 2.12. The van der Waals surface area contributed by atoms with Gasteiger partial charge in [-0.1, -0.05) is 18.6 Å². The Hall–Kier alpha value is -1.44. The van der Waals surface area contributed by atoms with Crippen LogP contribution in [0.1, 0.15) is 35.2 Å². The minimum Gasteiger partial charge on any atom is -0.465 e. The fourth-order valence-electron chi connectivity index (χ4n) is 2.25. The lowest BCUT2D eigenvalue weighted by Gasteiger charge is -2.25. The van der Waals surface area contributed by atoms with Crippen molar-refractivity contribution in [2.24, 2.45) is 0 Å². The van der Waals surface area contributed by atoms with Crippen molar-refractivity contribution < 1.29 is 17.9 Å². The van der Waals surface area contributed by atoms with Gasteiger partial charge in [-0.3, -0.25) is 0 Å². The molecular formula is C14H20N2O4S. The fraction of sp³-hybridized carbons (Fsp3) is 0.500. The molecule has 7 heteroatoms. The van der Waals surface area contributed by atoms with Crippen LogP contribution in [0.2, 0.25) is 0 Å². The van der Waals surface area contributed by atoms with Crippen LogP contribution in [0.3, 0.4) is 0 Å². The molecule has 1 aromatic carbocycles. The Bertz CT molecular complexity index is 577. The van der Waals surface area contributed by atoms with Gasteiger partial charge in [0.05, 0.1) is 12.7 Å². The molecule has 1 aliphatic heterocycles. The van der Waals surface area contributed by atoms with Crippen LogP contribution >= 0.6 is 0 Å². The number of esters is 1. The number of nitrogens with zero attached hydrogens (tertiary/aromatic N) is 1. The number of carbonyl (C=O) groups excluding carboxylic acids is 1. The smallest absolute Gasteiger partial charge is 0.337 e. The molecule has 0 aliphatic carbocycles. The number of nitrogens with one attached hydrogen (secondary N) is 1. The minimum absolute atomic E-state index is 0.209. The molecule has 0 aromatic heterocycles. The Morgan fingerprint density at radius 1 is 1.19 bits per heavy atom. The average molecular weight is 312 g/mol. The SMILES string of the molecule is COC(=O)c1ccc(CNS(=O)(=O)N2CCCCC2)cc1. The molecule has 116 valence electrons. The van der Waals surface area contributed by atoms with Crippen LogP contribution in [0.4, 0.5) is 0 Å². The Kier molecular flexibility index (Phi) is 5.33. The van der Waals surface area contributed by atoms with Gasteiger partial charge in [-0.15, -0.1) is 0 Å². The highest BCUT2D eigenvalue weighted by Gasteiger charge is 2.23. The van der Waals surface area contributed by atoms with Gasteiger partial charge in [0.1, 0.15) is 0 Å². The first-order valence-electron chi connectivity index (χ1n) is 6.95. The monoisotopic (exact) mass is 312 g/mol. The molecule has 2 rings (SSSR count). The lowest BCUT2D eigenvalue weighted by atomic mass is 10.1. The van der Waals surface area contributed by atoms with Crippen molar-refractivity contribution in [1.82, 2.24) is 9.03 Å². The summed E-state index contributed by atoms with van der Waals surface area (Å²) >= 11 is 0. The van der Waals surface area contributed by atoms with Crippen LogP contribution < -0.4 is 4.72 Å². The molecule has 6 nitrogen and oxygen atoms in total. The first kappa shape index (κ1) is 15.9. The normalized spacial score (nSPS) is 16.6. The van der Waals surface area contributed by atoms with Crippen molar-refractivity contribution in [3.8, 4) is 0 Å². The summed E-state index contributed by atoms with van der Waals surface area (Å²) in [6.07, 6.45) is 2.91. The van der Waals surface area contributed by atoms with E-state index >= 15 is 0 Å². The van der Waals surface area contributed by atoms with Gasteiger partial charge in [0.25, 0.3) is 10.2 Å². The Labute approximate surface area is 125 Å². The molecule has 0 amide bonds. The summed E-state index contributed by atoms with van der Waals surface area (Å²) in [4.78, 5) is 11.3. The number of carbonyl (C=O) groups is 1. The quantitative estimate of drug-likeness (QED) is 0.831. The van der Waals surface area contributed by atoms with E-state index in [0.29, 0.717) is 18.7 Å². The molecule has 1 aliphatic rings. The second-order valence-electron chi connectivity index (χ2n) is 4.97. The van der Waals surface area contributed by atoms with E-state index in [1.807, 2.05) is 0 Å². The first-order valence-corrected chi connectivity index (χ1v) is 8.39. The predicted octanol–water partition coefficient (Wildman–Crippen LogP) is 1.29. The summed E-state index contributed by atoms with van der Waals surface area (Å²) in [5.74, 6) is -0.407. The largest absolute Gasteiger partial charge is 0.465 e. The second kappa shape index (κ2) is 7.02. The number of rotatable bonds is 5. The number of hydrogen-bond acceptors (Lipinski definition) is 4. The zero-order valence-corrected chi connectivity index (χ0v) is 12.9. The third-order valence-corrected chi connectivity index (χ3v) is 5.04. The van der Waals surface area contributed by atoms with Crippen LogP contribution in [-0.4, -0.2) is 38.9 Å². The molecule has 1 N–H and O–H groups in total. The van der Waals surface area contributed by atoms with E-state index in [0.717, 1.165) is 24.8 Å². The predicted molar refractivity (Wildman–Crippen MR) is 79.0 cm³/mol. The van der Waals surface area contributed by atoms with Crippen molar-refractivity contribution in [3.63, 3.8) is 0 Å². The van der Waals surface area contributed by atoms with Crippen molar-refractivity contribution in [3.05, 3.63) is 35.4 Å². The lowest BCUT2D eigenvalue weighted by molar-refractivity contribution is 0.0600. The Morgan fingerprint density at radius 2 is 1.81 bits per heavy atom. The molecule has 0 atom stereocenters. The van der Waals surface area contributed by atoms with E-state index < -0.39 is 16.2 Å². The third-order valence-electron chi connectivity index (χ3n) is 3.49. The maximum absolute atomic E-state index is 12.1. The van der Waals surface area contributed by atoms with Gasteiger partial charge in [-0.25, -0.2) is 4.79 Å². The molecule has 0 saturated carbocycles. The summed E-state index contributed by atoms with van der Waals surface area (Å²) < 4.78 is 32.9. The first-order chi connectivity index (χ1) is 10.0. The zero-order chi connectivity index (χ0) is 15.3. The maximum Gasteiger partial charge on any atom is 0.337 e. The number of benzene rings is 1. The summed E-state index contributed by atoms with van der Waals surface area (Å²) in [6.45, 7) is 1.37. The van der Waals surface area contributed by atoms with E-state index in [2.05, 4.69) is 9.46 Å². The zero-order valence-electron chi connectivity index (χ0n) is 12.0. The Morgan fingerprint density at radius 3 is 2.38 bits per heavy atom. The van der Waals surface area contributed by atoms with Gasteiger partial charge < -0.3 is 4.74 Å². The molecule has 0 unspecified atom stereocenters. The molecule has 0 bridgehead atoms. The number of ether oxygens (including phenoxy) is 1. The highest BCUT2D eigenvalue weighted by molar-refractivity contribution is 7.87. The molecule has 1 heterocycles. The van der Waals surface area contributed by atoms with Gasteiger partial charge >= 0.3 is 5.97 Å². The van der Waals surface area contributed by atoms with Gasteiger partial charge in [0, 0.05) is 19.6 Å². The van der Waals surface area contributed by atoms with Crippen LogP contribution in [0.5, 0.6) is 0 Å². The van der Waals surface area contributed by atoms with E-state index in [1.54, 1.807) is 24.3 Å². The van der Waals surface area contributed by atoms with Gasteiger partial charge in [-0.05, 0) is 30.5 Å². The van der Waals surface area contributed by atoms with E-state index in [9.17, 15) is 13.2 Å². The molecule has 21 heavy (non-hydrogen) atoms. The molecule has 1 aromatic rings. The maximum atomic E-state index is 12.1. The molecule has 1 saturated heterocycles. The van der Waals surface area contributed by atoms with Crippen LogP contribution in [0, 0.1) is 0 Å². The van der Waals surface area contributed by atoms with Crippen molar-refractivity contribution in [2.45, 2.75) is 25.8 Å². The van der Waals surface area contributed by atoms with Gasteiger partial charge in [-0.2, -0.15) is 17.4 Å². The van der Waals surface area contributed by atoms with Gasteiger partial charge in [0.2, 0.25) is 0 Å². The standard InChI is InChI=1S/C14H20N2O4S/c1-20-14(17)13-7-5-12(6-8-13)11-15-21(18,19)16-9-3-2-4-10-16/h5-8,15H,2-4,9-11H2,1H3. The summed E-state index contributed by atoms with van der Waals surface area (Å²) in [5.41, 5.74) is 1.24. The van der Waals surface area contributed by atoms with E-state index in [4.69, 9.17) is 0 Å². The molecule has 0 spiro atoms. The van der Waals surface area contributed by atoms with Crippen LogP contribution in [-0.2, 0) is 21.5 Å². The van der Waals surface area contributed by atoms with Crippen LogP contribution in [0.15, 0.2) is 24.3 Å². The lowest BCUT2D eigenvalue weighted by Crippen LogP contribution is -2.43. The summed E-state index contributed by atoms with van der Waals surface area (Å²) in [7, 11) is -2.10. The van der Waals surface area contributed by atoms with Crippen molar-refractivity contribution in [1.29, 1.82) is 0 Å². The average Bonchev–Trinajstić information content (AvgIpc) is 2.53. The third kappa shape index (κ3) is 4.26. The fourth-order valence-corrected chi connectivity index (χ4v) is 3.52. The van der Waals surface area contributed by atoms with Crippen molar-refractivity contribution in [2.75, 3.05) is 20.2 Å². The molecule has 0 radical (unpaired) electrons.